The molecule has 0 saturated carbocycles. The third-order valence-electron chi connectivity index (χ3n) is 7.00. The largest absolute Gasteiger partial charge is 0.465 e. The lowest BCUT2D eigenvalue weighted by atomic mass is 9.99. The number of carbonyl (C=O) groups excluding carboxylic acids is 1. The molecule has 1 aliphatic heterocycles. The molecule has 232 valence electrons. The van der Waals surface area contributed by atoms with Gasteiger partial charge in [0.15, 0.2) is 9.84 Å². The summed E-state index contributed by atoms with van der Waals surface area (Å²) in [7, 11) is -2.52. The Bertz CT molecular complexity index is 1410. The van der Waals surface area contributed by atoms with Crippen molar-refractivity contribution >= 4 is 50.7 Å². The molecule has 0 spiro atoms. The van der Waals surface area contributed by atoms with Crippen LogP contribution in [0.1, 0.15) is 47.7 Å². The molecule has 0 aromatic heterocycles. The fourth-order valence-corrected chi connectivity index (χ4v) is 6.37. The van der Waals surface area contributed by atoms with Gasteiger partial charge in [0.2, 0.25) is 0 Å². The van der Waals surface area contributed by atoms with E-state index in [2.05, 4.69) is 10.6 Å². The van der Waals surface area contributed by atoms with Crippen LogP contribution in [0.15, 0.2) is 35.2 Å². The topological polar surface area (TPSA) is 119 Å². The molecule has 1 aliphatic rings. The van der Waals surface area contributed by atoms with Gasteiger partial charge in [0.25, 0.3) is 5.91 Å². The van der Waals surface area contributed by atoms with Gasteiger partial charge in [0.1, 0.15) is 0 Å². The van der Waals surface area contributed by atoms with E-state index in [0.29, 0.717) is 26.1 Å². The van der Waals surface area contributed by atoms with Crippen molar-refractivity contribution in [2.24, 2.45) is 0 Å². The van der Waals surface area contributed by atoms with Crippen LogP contribution in [-0.2, 0) is 22.6 Å². The van der Waals surface area contributed by atoms with E-state index in [1.54, 1.807) is 0 Å². The number of likely N-dealkylation sites (tertiary alicyclic amines) is 1. The van der Waals surface area contributed by atoms with Gasteiger partial charge in [-0.1, -0.05) is 30.1 Å². The van der Waals surface area contributed by atoms with E-state index in [1.807, 2.05) is 4.90 Å². The highest BCUT2D eigenvalue weighted by atomic mass is 35.5. The molecule has 15 heteroatoms. The van der Waals surface area contributed by atoms with Gasteiger partial charge in [-0.05, 0) is 68.2 Å². The highest BCUT2D eigenvalue weighted by molar-refractivity contribution is 7.91. The maximum absolute atomic E-state index is 14.3. The predicted octanol–water partition coefficient (Wildman–Crippen LogP) is 5.29. The number of carboxylic acid groups (broad SMARTS) is 1. The first-order valence-corrected chi connectivity index (χ1v) is 15.7. The third-order valence-corrected chi connectivity index (χ3v) is 9.35. The summed E-state index contributed by atoms with van der Waals surface area (Å²) >= 11 is 12.5. The number of anilines is 1. The Hall–Kier alpha value is -2.58. The summed E-state index contributed by atoms with van der Waals surface area (Å²) in [5.74, 6) is -1.14. The highest BCUT2D eigenvalue weighted by Crippen LogP contribution is 2.38. The Morgan fingerprint density at radius 3 is 2.52 bits per heavy atom. The van der Waals surface area contributed by atoms with Crippen LogP contribution in [0.5, 0.6) is 0 Å². The first-order valence-electron chi connectivity index (χ1n) is 13.3. The van der Waals surface area contributed by atoms with Crippen LogP contribution in [-0.4, -0.2) is 75.4 Å². The molecule has 3 N–H and O–H groups in total. The average molecular weight is 654 g/mol. The lowest BCUT2D eigenvalue weighted by molar-refractivity contribution is -0.138. The number of halogens is 5. The fraction of sp³-hybridized carbons (Fsp3) is 0.481. The van der Waals surface area contributed by atoms with Crippen LogP contribution in [0.25, 0.3) is 0 Å². The number of hydrogen-bond donors (Lipinski definition) is 3. The van der Waals surface area contributed by atoms with E-state index in [9.17, 15) is 31.2 Å². The van der Waals surface area contributed by atoms with Crippen molar-refractivity contribution in [1.82, 2.24) is 15.5 Å². The van der Waals surface area contributed by atoms with Gasteiger partial charge in [0.05, 0.1) is 21.9 Å². The van der Waals surface area contributed by atoms with Gasteiger partial charge in [-0.15, -0.1) is 0 Å². The van der Waals surface area contributed by atoms with Gasteiger partial charge in [-0.25, -0.2) is 13.2 Å². The van der Waals surface area contributed by atoms with E-state index < -0.39 is 33.6 Å². The molecule has 0 bridgehead atoms. The monoisotopic (exact) mass is 652 g/mol. The molecule has 0 unspecified atom stereocenters. The molecule has 2 aromatic rings. The zero-order valence-corrected chi connectivity index (χ0v) is 25.4. The molecular formula is C27H33Cl2F3N4O5S. The molecule has 2 aromatic carbocycles. The van der Waals surface area contributed by atoms with Gasteiger partial charge in [0, 0.05) is 48.3 Å². The minimum atomic E-state index is -4.81. The number of nitrogens with zero attached hydrogens (tertiary/aromatic N) is 2. The van der Waals surface area contributed by atoms with Gasteiger partial charge in [-0.2, -0.15) is 13.2 Å². The van der Waals surface area contributed by atoms with Crippen molar-refractivity contribution < 1.29 is 36.3 Å². The molecule has 3 rings (SSSR count). The van der Waals surface area contributed by atoms with Gasteiger partial charge < -0.3 is 20.6 Å². The van der Waals surface area contributed by atoms with Crippen LogP contribution in [0, 0.1) is 0 Å². The normalized spacial score (nSPS) is 16.3. The van der Waals surface area contributed by atoms with Gasteiger partial charge >= 0.3 is 12.3 Å². The van der Waals surface area contributed by atoms with Gasteiger partial charge in [-0.3, -0.25) is 9.69 Å². The molecule has 9 nitrogen and oxygen atoms in total. The highest BCUT2D eigenvalue weighted by Gasteiger charge is 2.37. The van der Waals surface area contributed by atoms with Crippen LogP contribution in [0.3, 0.4) is 0 Å². The predicted molar refractivity (Wildman–Crippen MR) is 155 cm³/mol. The van der Waals surface area contributed by atoms with E-state index in [4.69, 9.17) is 28.3 Å². The minimum Gasteiger partial charge on any atom is -0.465 e. The van der Waals surface area contributed by atoms with Crippen molar-refractivity contribution in [2.75, 3.05) is 43.9 Å². The maximum atomic E-state index is 14.3. The number of carbonyl (C=O) groups is 2. The number of alkyl halides is 3. The molecule has 2 amide bonds. The summed E-state index contributed by atoms with van der Waals surface area (Å²) in [4.78, 5) is 26.6. The number of hydrogen-bond acceptors (Lipinski definition) is 6. The smallest absolute Gasteiger partial charge is 0.416 e. The molecular weight excluding hydrogens is 620 g/mol. The molecule has 1 heterocycles. The standard InChI is InChI=1S/C27H33Cl2F3N4O5S/c1-3-42(40,41)24-8-7-18(28)14-23(24)35(2)25(37)17-12-21(27(30,31)32)20(22(29)13-17)16-36-11-4-6-19(15-36)33-9-5-10-34-26(38)39/h7-8,12-14,19,33-34H,3-6,9-11,15-16H2,1-2H3,(H,38,39)/t19-/m0/s1. The maximum Gasteiger partial charge on any atom is 0.416 e. The summed E-state index contributed by atoms with van der Waals surface area (Å²) in [6.45, 7) is 3.20. The van der Waals surface area contributed by atoms with Crippen LogP contribution in [0.2, 0.25) is 10.0 Å². The summed E-state index contributed by atoms with van der Waals surface area (Å²) < 4.78 is 68.1. The van der Waals surface area contributed by atoms with E-state index in [0.717, 1.165) is 23.8 Å². The summed E-state index contributed by atoms with van der Waals surface area (Å²) in [6.07, 6.45) is -3.78. The fourth-order valence-electron chi connectivity index (χ4n) is 4.83. The number of benzene rings is 2. The number of nitrogens with one attached hydrogen (secondary N) is 2. The quantitative estimate of drug-likeness (QED) is 0.282. The molecule has 42 heavy (non-hydrogen) atoms. The van der Waals surface area contributed by atoms with Crippen molar-refractivity contribution in [3.05, 3.63) is 57.1 Å². The number of piperidine rings is 1. The average Bonchev–Trinajstić information content (AvgIpc) is 2.92. The summed E-state index contributed by atoms with van der Waals surface area (Å²) in [5.41, 5.74) is -1.62. The lowest BCUT2D eigenvalue weighted by Gasteiger charge is -2.34. The van der Waals surface area contributed by atoms with E-state index >= 15 is 0 Å². The first-order chi connectivity index (χ1) is 19.6. The van der Waals surface area contributed by atoms with Crippen LogP contribution < -0.4 is 15.5 Å². The zero-order valence-electron chi connectivity index (χ0n) is 23.1. The molecule has 0 aliphatic carbocycles. The van der Waals surface area contributed by atoms with Crippen molar-refractivity contribution in [1.29, 1.82) is 0 Å². The Morgan fingerprint density at radius 2 is 1.88 bits per heavy atom. The number of sulfone groups is 1. The van der Waals surface area contributed by atoms with E-state index in [1.165, 1.54) is 38.2 Å². The summed E-state index contributed by atoms with van der Waals surface area (Å²) in [6, 6.07) is 5.80. The molecule has 1 fully saturated rings. The molecule has 1 atom stereocenters. The minimum absolute atomic E-state index is 0.0116. The first kappa shape index (κ1) is 33.9. The van der Waals surface area contributed by atoms with Crippen molar-refractivity contribution in [3.8, 4) is 0 Å². The Balaban J connectivity index is 1.84. The molecule has 0 radical (unpaired) electrons. The third kappa shape index (κ3) is 8.73. The number of amides is 2. The summed E-state index contributed by atoms with van der Waals surface area (Å²) in [5, 5.41) is 14.2. The second kappa shape index (κ2) is 14.3. The zero-order chi connectivity index (χ0) is 31.2. The second-order valence-electron chi connectivity index (χ2n) is 9.98. The van der Waals surface area contributed by atoms with Crippen molar-refractivity contribution in [3.63, 3.8) is 0 Å². The second-order valence-corrected chi connectivity index (χ2v) is 13.1. The lowest BCUT2D eigenvalue weighted by Crippen LogP contribution is -2.46. The van der Waals surface area contributed by atoms with Crippen molar-refractivity contribution in [2.45, 2.75) is 49.8 Å². The Kier molecular flexibility index (Phi) is 11.5. The Morgan fingerprint density at radius 1 is 1.17 bits per heavy atom. The van der Waals surface area contributed by atoms with Crippen LogP contribution in [0.4, 0.5) is 23.7 Å². The van der Waals surface area contributed by atoms with E-state index in [-0.39, 0.29) is 56.6 Å². The molecule has 1 saturated heterocycles. The Labute approximate surface area is 252 Å². The number of rotatable bonds is 11. The SMILES string of the molecule is CCS(=O)(=O)c1ccc(Cl)cc1N(C)C(=O)c1cc(Cl)c(CN2CCC[C@H](NCCCNC(=O)O)C2)c(C(F)(F)F)c1. The van der Waals surface area contributed by atoms with Crippen LogP contribution >= 0.6 is 23.2 Å².